The molecule has 0 saturated heterocycles. The van der Waals surface area contributed by atoms with E-state index in [-0.39, 0.29) is 0 Å². The molecular weight excluding hydrogens is 366 g/mol. The van der Waals surface area contributed by atoms with Gasteiger partial charge in [-0.1, -0.05) is 11.6 Å². The van der Waals surface area contributed by atoms with Crippen LogP contribution >= 0.6 is 22.9 Å². The molecule has 2 rings (SSSR count). The monoisotopic (exact) mass is 381 g/mol. The number of rotatable bonds is 5. The number of halogens is 1. The van der Waals surface area contributed by atoms with Gasteiger partial charge in [-0.05, 0) is 31.2 Å². The summed E-state index contributed by atoms with van der Waals surface area (Å²) in [7, 11) is 2.96. The van der Waals surface area contributed by atoms with E-state index in [9.17, 15) is 9.59 Å². The number of carbonyl (C=O) groups excluding carboxylic acids is 2. The maximum Gasteiger partial charge on any atom is 0.329 e. The number of nitrogens with zero attached hydrogens (tertiary/aromatic N) is 1. The highest BCUT2D eigenvalue weighted by Crippen LogP contribution is 2.28. The van der Waals surface area contributed by atoms with E-state index in [0.29, 0.717) is 27.2 Å². The van der Waals surface area contributed by atoms with Crippen molar-refractivity contribution in [3.63, 3.8) is 0 Å². The molecule has 0 aliphatic heterocycles. The Morgan fingerprint density at radius 2 is 1.88 bits per heavy atom. The molecule has 7 nitrogen and oxygen atoms in total. The van der Waals surface area contributed by atoms with Crippen LogP contribution in [0.3, 0.4) is 0 Å². The van der Waals surface area contributed by atoms with Crippen molar-refractivity contribution in [1.82, 2.24) is 5.43 Å². The Kier molecular flexibility index (Phi) is 6.37. The van der Waals surface area contributed by atoms with E-state index >= 15 is 0 Å². The van der Waals surface area contributed by atoms with Gasteiger partial charge in [-0.3, -0.25) is 9.59 Å². The number of thiophene rings is 1. The highest BCUT2D eigenvalue weighted by molar-refractivity contribution is 7.18. The minimum Gasteiger partial charge on any atom is -0.497 e. The first kappa shape index (κ1) is 18.8. The summed E-state index contributed by atoms with van der Waals surface area (Å²) < 4.78 is 10.8. The van der Waals surface area contributed by atoms with Gasteiger partial charge in [0.2, 0.25) is 0 Å². The van der Waals surface area contributed by atoms with Crippen molar-refractivity contribution in [2.75, 3.05) is 19.5 Å². The number of nitrogens with one attached hydrogen (secondary N) is 2. The maximum absolute atomic E-state index is 12.0. The third kappa shape index (κ3) is 4.94. The van der Waals surface area contributed by atoms with E-state index < -0.39 is 11.8 Å². The second-order valence-corrected chi connectivity index (χ2v) is 6.48. The molecule has 1 aromatic carbocycles. The smallest absolute Gasteiger partial charge is 0.329 e. The number of hydrogen-bond acceptors (Lipinski definition) is 6. The van der Waals surface area contributed by atoms with E-state index in [1.165, 1.54) is 25.6 Å². The Hall–Kier alpha value is -2.58. The van der Waals surface area contributed by atoms with Crippen LogP contribution < -0.4 is 20.2 Å². The van der Waals surface area contributed by atoms with Gasteiger partial charge in [0.25, 0.3) is 0 Å². The number of anilines is 1. The summed E-state index contributed by atoms with van der Waals surface area (Å²) in [4.78, 5) is 24.7. The SMILES string of the molecule is COc1ccc(NC(=O)C(=O)N/N=C(/C)c2ccc(Cl)s2)c(OC)c1. The fourth-order valence-corrected chi connectivity index (χ4v) is 2.82. The van der Waals surface area contributed by atoms with Gasteiger partial charge in [0, 0.05) is 6.07 Å². The Balaban J connectivity index is 2.02. The van der Waals surface area contributed by atoms with Gasteiger partial charge >= 0.3 is 11.8 Å². The Morgan fingerprint density at radius 1 is 1.12 bits per heavy atom. The topological polar surface area (TPSA) is 89.0 Å². The summed E-state index contributed by atoms with van der Waals surface area (Å²) in [6, 6.07) is 8.31. The van der Waals surface area contributed by atoms with Crippen molar-refractivity contribution in [2.45, 2.75) is 6.92 Å². The van der Waals surface area contributed by atoms with Gasteiger partial charge in [-0.25, -0.2) is 5.43 Å². The fourth-order valence-electron chi connectivity index (χ4n) is 1.83. The van der Waals surface area contributed by atoms with Gasteiger partial charge in [-0.15, -0.1) is 11.3 Å². The second-order valence-electron chi connectivity index (χ2n) is 4.76. The third-order valence-electron chi connectivity index (χ3n) is 3.12. The first-order chi connectivity index (χ1) is 11.9. The van der Waals surface area contributed by atoms with Crippen molar-refractivity contribution in [1.29, 1.82) is 0 Å². The number of amides is 2. The van der Waals surface area contributed by atoms with Gasteiger partial charge in [0.1, 0.15) is 11.5 Å². The molecule has 1 aromatic heterocycles. The van der Waals surface area contributed by atoms with Crippen LogP contribution in [-0.4, -0.2) is 31.7 Å². The molecule has 2 amide bonds. The zero-order valence-electron chi connectivity index (χ0n) is 13.8. The van der Waals surface area contributed by atoms with Crippen LogP contribution in [0.1, 0.15) is 11.8 Å². The van der Waals surface area contributed by atoms with Crippen molar-refractivity contribution in [3.8, 4) is 11.5 Å². The highest BCUT2D eigenvalue weighted by atomic mass is 35.5. The molecule has 2 N–H and O–H groups in total. The van der Waals surface area contributed by atoms with Crippen molar-refractivity contribution >= 4 is 46.2 Å². The first-order valence-electron chi connectivity index (χ1n) is 7.08. The molecular formula is C16H16ClN3O4S. The van der Waals surface area contributed by atoms with Crippen LogP contribution in [0.25, 0.3) is 0 Å². The molecule has 0 atom stereocenters. The lowest BCUT2D eigenvalue weighted by Gasteiger charge is -2.11. The Morgan fingerprint density at radius 3 is 2.48 bits per heavy atom. The molecule has 2 aromatic rings. The first-order valence-corrected chi connectivity index (χ1v) is 8.27. The summed E-state index contributed by atoms with van der Waals surface area (Å²) in [5.41, 5.74) is 3.09. The molecule has 0 saturated carbocycles. The van der Waals surface area contributed by atoms with Crippen LogP contribution in [0.2, 0.25) is 4.34 Å². The lowest BCUT2D eigenvalue weighted by Crippen LogP contribution is -2.33. The van der Waals surface area contributed by atoms with Crippen LogP contribution in [0, 0.1) is 0 Å². The number of ether oxygens (including phenoxy) is 2. The van der Waals surface area contributed by atoms with E-state index in [4.69, 9.17) is 21.1 Å². The molecule has 0 spiro atoms. The molecule has 25 heavy (non-hydrogen) atoms. The molecule has 0 aliphatic rings. The quantitative estimate of drug-likeness (QED) is 0.473. The van der Waals surface area contributed by atoms with Crippen LogP contribution in [0.15, 0.2) is 35.4 Å². The Bertz CT molecular complexity index is 819. The zero-order chi connectivity index (χ0) is 18.4. The van der Waals surface area contributed by atoms with Crippen LogP contribution in [0.5, 0.6) is 11.5 Å². The van der Waals surface area contributed by atoms with E-state index in [1.54, 1.807) is 37.3 Å². The predicted octanol–water partition coefficient (Wildman–Crippen LogP) is 2.90. The summed E-state index contributed by atoms with van der Waals surface area (Å²) >= 11 is 7.17. The van der Waals surface area contributed by atoms with Crippen molar-refractivity contribution in [3.05, 3.63) is 39.5 Å². The van der Waals surface area contributed by atoms with Gasteiger partial charge in [-0.2, -0.15) is 5.10 Å². The molecule has 132 valence electrons. The van der Waals surface area contributed by atoms with Crippen molar-refractivity contribution in [2.24, 2.45) is 5.10 Å². The molecule has 0 fully saturated rings. The second kappa shape index (κ2) is 8.50. The number of hydrogen-bond donors (Lipinski definition) is 2. The number of benzene rings is 1. The molecule has 9 heteroatoms. The summed E-state index contributed by atoms with van der Waals surface area (Å²) in [6.45, 7) is 1.70. The Labute approximate surface area is 153 Å². The number of carbonyl (C=O) groups is 2. The summed E-state index contributed by atoms with van der Waals surface area (Å²) in [5, 5.41) is 6.36. The van der Waals surface area contributed by atoms with E-state index in [0.717, 1.165) is 4.88 Å². The summed E-state index contributed by atoms with van der Waals surface area (Å²) in [6.07, 6.45) is 0. The van der Waals surface area contributed by atoms with Gasteiger partial charge in [0.05, 0.1) is 34.8 Å². The molecule has 0 unspecified atom stereocenters. The van der Waals surface area contributed by atoms with Gasteiger partial charge < -0.3 is 14.8 Å². The molecule has 0 bridgehead atoms. The average molecular weight is 382 g/mol. The van der Waals surface area contributed by atoms with Crippen LogP contribution in [-0.2, 0) is 9.59 Å². The van der Waals surface area contributed by atoms with Crippen LogP contribution in [0.4, 0.5) is 5.69 Å². The largest absolute Gasteiger partial charge is 0.497 e. The molecule has 0 radical (unpaired) electrons. The number of hydrazone groups is 1. The third-order valence-corrected chi connectivity index (χ3v) is 4.46. The molecule has 0 aliphatic carbocycles. The molecule has 1 heterocycles. The van der Waals surface area contributed by atoms with E-state index in [1.807, 2.05) is 0 Å². The lowest BCUT2D eigenvalue weighted by atomic mass is 10.2. The zero-order valence-corrected chi connectivity index (χ0v) is 15.3. The number of methoxy groups -OCH3 is 2. The fraction of sp³-hybridized carbons (Fsp3) is 0.188. The minimum atomic E-state index is -0.903. The van der Waals surface area contributed by atoms with Crippen molar-refractivity contribution < 1.29 is 19.1 Å². The minimum absolute atomic E-state index is 0.342. The standard InChI is InChI=1S/C16H16ClN3O4S/c1-9(13-6-7-14(17)25-13)19-20-16(22)15(21)18-11-5-4-10(23-2)8-12(11)24-3/h4-8H,1-3H3,(H,18,21)(H,20,22)/b19-9-. The maximum atomic E-state index is 12.0. The predicted molar refractivity (Wildman–Crippen MR) is 97.9 cm³/mol. The normalized spacial score (nSPS) is 11.0. The average Bonchev–Trinajstić information content (AvgIpc) is 3.06. The van der Waals surface area contributed by atoms with Gasteiger partial charge in [0.15, 0.2) is 0 Å². The lowest BCUT2D eigenvalue weighted by molar-refractivity contribution is -0.136. The van der Waals surface area contributed by atoms with E-state index in [2.05, 4.69) is 15.8 Å². The summed E-state index contributed by atoms with van der Waals surface area (Å²) in [5.74, 6) is -0.841. The highest BCUT2D eigenvalue weighted by Gasteiger charge is 2.16.